The van der Waals surface area contributed by atoms with Gasteiger partial charge in [0, 0.05) is 7.05 Å². The Morgan fingerprint density at radius 3 is 2.68 bits per heavy atom. The van der Waals surface area contributed by atoms with Crippen LogP contribution in [0.3, 0.4) is 0 Å². The van der Waals surface area contributed by atoms with Crippen molar-refractivity contribution in [1.82, 2.24) is 14.8 Å². The number of ether oxygens (including phenoxy) is 2. The molecule has 0 fully saturated rings. The topological polar surface area (TPSA) is 66.2 Å². The van der Waals surface area contributed by atoms with E-state index in [0.717, 1.165) is 0 Å². The highest BCUT2D eigenvalue weighted by molar-refractivity contribution is 6.00. The Balaban J connectivity index is 2.29. The molecule has 0 radical (unpaired) electrons. The third kappa shape index (κ3) is 2.73. The number of aryl methyl sites for hydroxylation is 1. The number of nitrogens with zero attached hydrogens (tertiary/aromatic N) is 3. The Morgan fingerprint density at radius 1 is 1.32 bits per heavy atom. The minimum Gasteiger partial charge on any atom is -0.497 e. The van der Waals surface area contributed by atoms with E-state index in [0.29, 0.717) is 22.9 Å². The highest BCUT2D eigenvalue weighted by atomic mass is 16.5. The van der Waals surface area contributed by atoms with Crippen molar-refractivity contribution in [1.29, 1.82) is 0 Å². The third-order valence-electron chi connectivity index (χ3n) is 2.83. The van der Waals surface area contributed by atoms with Gasteiger partial charge in [0.05, 0.1) is 26.2 Å². The van der Waals surface area contributed by atoms with Gasteiger partial charge in [0.15, 0.2) is 5.78 Å². The molecule has 0 aliphatic rings. The van der Waals surface area contributed by atoms with Crippen molar-refractivity contribution in [3.63, 3.8) is 0 Å². The summed E-state index contributed by atoms with van der Waals surface area (Å²) in [5.74, 6) is 1.65. The zero-order valence-corrected chi connectivity index (χ0v) is 11.1. The zero-order valence-electron chi connectivity index (χ0n) is 11.1. The first-order chi connectivity index (χ1) is 9.15. The summed E-state index contributed by atoms with van der Waals surface area (Å²) in [6, 6.07) is 5.12. The van der Waals surface area contributed by atoms with E-state index in [1.807, 2.05) is 0 Å². The van der Waals surface area contributed by atoms with Crippen LogP contribution in [0.1, 0.15) is 16.2 Å². The van der Waals surface area contributed by atoms with Crippen LogP contribution in [0.25, 0.3) is 0 Å². The molecule has 6 nitrogen and oxygen atoms in total. The van der Waals surface area contributed by atoms with Crippen molar-refractivity contribution < 1.29 is 14.3 Å². The number of carbonyl (C=O) groups is 1. The number of hydrogen-bond acceptors (Lipinski definition) is 5. The fraction of sp³-hybridized carbons (Fsp3) is 0.308. The molecule has 0 bridgehead atoms. The summed E-state index contributed by atoms with van der Waals surface area (Å²) < 4.78 is 11.9. The molecule has 0 aliphatic carbocycles. The Hall–Kier alpha value is -2.37. The van der Waals surface area contributed by atoms with Gasteiger partial charge in [-0.15, -0.1) is 0 Å². The van der Waals surface area contributed by atoms with Crippen LogP contribution >= 0.6 is 0 Å². The monoisotopic (exact) mass is 261 g/mol. The van der Waals surface area contributed by atoms with Crippen molar-refractivity contribution in [3.8, 4) is 11.5 Å². The smallest absolute Gasteiger partial charge is 0.174 e. The van der Waals surface area contributed by atoms with Crippen molar-refractivity contribution >= 4 is 5.78 Å². The molecule has 0 aliphatic heterocycles. The summed E-state index contributed by atoms with van der Waals surface area (Å²) in [6.45, 7) is 0. The largest absolute Gasteiger partial charge is 0.497 e. The minimum absolute atomic E-state index is 0.0909. The maximum Gasteiger partial charge on any atom is 0.174 e. The molecule has 0 atom stereocenters. The van der Waals surface area contributed by atoms with Gasteiger partial charge < -0.3 is 9.47 Å². The zero-order chi connectivity index (χ0) is 13.8. The maximum atomic E-state index is 12.3. The number of hydrogen-bond donors (Lipinski definition) is 0. The summed E-state index contributed by atoms with van der Waals surface area (Å²) >= 11 is 0. The molecule has 0 amide bonds. The van der Waals surface area contributed by atoms with Gasteiger partial charge in [-0.05, 0) is 18.2 Å². The standard InChI is InChI=1S/C13H15N3O3/c1-16-13(14-8-15-16)7-11(17)10-6-9(18-2)4-5-12(10)19-3/h4-6,8H,7H2,1-3H3. The normalized spacial score (nSPS) is 10.3. The Bertz CT molecular complexity index is 593. The third-order valence-corrected chi connectivity index (χ3v) is 2.83. The van der Waals surface area contributed by atoms with Crippen LogP contribution in [-0.2, 0) is 13.5 Å². The number of ketones is 1. The van der Waals surface area contributed by atoms with Crippen molar-refractivity contribution in [2.24, 2.45) is 7.05 Å². The van der Waals surface area contributed by atoms with E-state index in [4.69, 9.17) is 9.47 Å². The molecule has 0 N–H and O–H groups in total. The van der Waals surface area contributed by atoms with Crippen LogP contribution in [-0.4, -0.2) is 34.8 Å². The predicted molar refractivity (Wildman–Crippen MR) is 68.6 cm³/mol. The second-order valence-corrected chi connectivity index (χ2v) is 3.97. The molecular weight excluding hydrogens is 246 g/mol. The number of aromatic nitrogens is 3. The van der Waals surface area contributed by atoms with Gasteiger partial charge in [-0.2, -0.15) is 5.10 Å². The minimum atomic E-state index is -0.0909. The van der Waals surface area contributed by atoms with Gasteiger partial charge in [0.25, 0.3) is 0 Å². The highest BCUT2D eigenvalue weighted by Gasteiger charge is 2.16. The number of rotatable bonds is 5. The van der Waals surface area contributed by atoms with E-state index in [1.54, 1.807) is 37.0 Å². The molecule has 1 aromatic heterocycles. The van der Waals surface area contributed by atoms with Crippen LogP contribution in [0.15, 0.2) is 24.5 Å². The Morgan fingerprint density at radius 2 is 2.11 bits per heavy atom. The van der Waals surface area contributed by atoms with Gasteiger partial charge in [-0.3, -0.25) is 9.48 Å². The summed E-state index contributed by atoms with van der Waals surface area (Å²) in [5, 5.41) is 3.94. The summed E-state index contributed by atoms with van der Waals surface area (Å²) in [6.07, 6.45) is 1.59. The molecule has 0 saturated heterocycles. The average molecular weight is 261 g/mol. The molecule has 0 spiro atoms. The lowest BCUT2D eigenvalue weighted by Crippen LogP contribution is -2.10. The summed E-state index contributed by atoms with van der Waals surface area (Å²) in [5.41, 5.74) is 0.477. The molecule has 2 rings (SSSR count). The summed E-state index contributed by atoms with van der Waals surface area (Å²) in [4.78, 5) is 16.3. The van der Waals surface area contributed by atoms with E-state index in [9.17, 15) is 4.79 Å². The second kappa shape index (κ2) is 5.51. The van der Waals surface area contributed by atoms with E-state index >= 15 is 0 Å². The van der Waals surface area contributed by atoms with Gasteiger partial charge in [0.1, 0.15) is 23.7 Å². The van der Waals surface area contributed by atoms with E-state index in [2.05, 4.69) is 10.1 Å². The second-order valence-electron chi connectivity index (χ2n) is 3.97. The van der Waals surface area contributed by atoms with Crippen LogP contribution in [0, 0.1) is 0 Å². The molecule has 100 valence electrons. The molecule has 2 aromatic rings. The predicted octanol–water partition coefficient (Wildman–Crippen LogP) is 1.26. The lowest BCUT2D eigenvalue weighted by Gasteiger charge is -2.09. The van der Waals surface area contributed by atoms with E-state index < -0.39 is 0 Å². The molecular formula is C13H15N3O3. The summed E-state index contributed by atoms with van der Waals surface area (Å²) in [7, 11) is 4.83. The molecule has 0 unspecified atom stereocenters. The number of Topliss-reactive ketones (excluding diaryl/α,β-unsaturated/α-hetero) is 1. The van der Waals surface area contributed by atoms with Gasteiger partial charge in [0.2, 0.25) is 0 Å². The first-order valence-electron chi connectivity index (χ1n) is 5.73. The molecule has 1 aromatic carbocycles. The Kier molecular flexibility index (Phi) is 3.79. The van der Waals surface area contributed by atoms with Crippen molar-refractivity contribution in [3.05, 3.63) is 35.9 Å². The van der Waals surface area contributed by atoms with Crippen molar-refractivity contribution in [2.75, 3.05) is 14.2 Å². The average Bonchev–Trinajstić information content (AvgIpc) is 2.83. The fourth-order valence-corrected chi connectivity index (χ4v) is 1.75. The lowest BCUT2D eigenvalue weighted by molar-refractivity contribution is 0.0986. The number of benzene rings is 1. The van der Waals surface area contributed by atoms with E-state index in [1.165, 1.54) is 13.4 Å². The van der Waals surface area contributed by atoms with Crippen LogP contribution < -0.4 is 9.47 Å². The number of methoxy groups -OCH3 is 2. The molecule has 6 heteroatoms. The van der Waals surface area contributed by atoms with Crippen LogP contribution in [0.2, 0.25) is 0 Å². The van der Waals surface area contributed by atoms with E-state index in [-0.39, 0.29) is 12.2 Å². The van der Waals surface area contributed by atoms with Crippen LogP contribution in [0.5, 0.6) is 11.5 Å². The van der Waals surface area contributed by atoms with Crippen LogP contribution in [0.4, 0.5) is 0 Å². The number of carbonyl (C=O) groups excluding carboxylic acids is 1. The molecule has 0 saturated carbocycles. The van der Waals surface area contributed by atoms with Gasteiger partial charge in [-0.25, -0.2) is 4.98 Å². The van der Waals surface area contributed by atoms with Crippen molar-refractivity contribution in [2.45, 2.75) is 6.42 Å². The van der Waals surface area contributed by atoms with Gasteiger partial charge in [-0.1, -0.05) is 0 Å². The SMILES string of the molecule is COc1ccc(OC)c(C(=O)Cc2ncnn2C)c1. The quantitative estimate of drug-likeness (QED) is 0.758. The Labute approximate surface area is 111 Å². The fourth-order valence-electron chi connectivity index (χ4n) is 1.75. The molecule has 19 heavy (non-hydrogen) atoms. The molecule has 1 heterocycles. The first-order valence-corrected chi connectivity index (χ1v) is 5.73. The first kappa shape index (κ1) is 13.1. The lowest BCUT2D eigenvalue weighted by atomic mass is 10.1. The highest BCUT2D eigenvalue weighted by Crippen LogP contribution is 2.25. The van der Waals surface area contributed by atoms with Gasteiger partial charge >= 0.3 is 0 Å². The maximum absolute atomic E-state index is 12.3.